The highest BCUT2D eigenvalue weighted by molar-refractivity contribution is 5.32. The second-order valence-electron chi connectivity index (χ2n) is 5.74. The van der Waals surface area contributed by atoms with Gasteiger partial charge in [0.1, 0.15) is 0 Å². The second-order valence-corrected chi connectivity index (χ2v) is 5.74. The zero-order chi connectivity index (χ0) is 13.2. The molecule has 0 amide bonds. The van der Waals surface area contributed by atoms with Gasteiger partial charge in [0.2, 0.25) is 0 Å². The molecule has 0 aliphatic heterocycles. The van der Waals surface area contributed by atoms with Crippen LogP contribution in [0.2, 0.25) is 0 Å². The number of nitrogens with zero attached hydrogens (tertiary/aromatic N) is 1. The molecule has 100 valence electrons. The van der Waals surface area contributed by atoms with Crippen molar-refractivity contribution in [2.75, 3.05) is 13.6 Å². The summed E-state index contributed by atoms with van der Waals surface area (Å²) in [6.45, 7) is 5.31. The third-order valence-electron chi connectivity index (χ3n) is 4.88. The summed E-state index contributed by atoms with van der Waals surface area (Å²) in [4.78, 5) is 2.52. The molecule has 1 aromatic rings. The van der Waals surface area contributed by atoms with E-state index in [9.17, 15) is 0 Å². The average Bonchev–Trinajstić information content (AvgIpc) is 2.45. The molecule has 0 heterocycles. The molecule has 0 aromatic heterocycles. The molecule has 0 bridgehead atoms. The van der Waals surface area contributed by atoms with Crippen LogP contribution in [0.3, 0.4) is 0 Å². The molecule has 2 N–H and O–H groups in total. The molecular formula is C16H26N2. The molecule has 2 rings (SSSR count). The van der Waals surface area contributed by atoms with Crippen molar-refractivity contribution in [3.63, 3.8) is 0 Å². The van der Waals surface area contributed by atoms with Crippen LogP contribution in [0.1, 0.15) is 37.8 Å². The number of hydrogen-bond acceptors (Lipinski definition) is 2. The lowest BCUT2D eigenvalue weighted by atomic mass is 9.76. The molecule has 0 radical (unpaired) electrons. The van der Waals surface area contributed by atoms with Crippen LogP contribution in [0.5, 0.6) is 0 Å². The second kappa shape index (κ2) is 5.41. The summed E-state index contributed by atoms with van der Waals surface area (Å²) < 4.78 is 0. The molecule has 1 aliphatic rings. The molecule has 18 heavy (non-hydrogen) atoms. The number of likely N-dealkylation sites (N-methyl/N-ethyl adjacent to an activating group) is 1. The van der Waals surface area contributed by atoms with E-state index in [-0.39, 0.29) is 5.54 Å². The van der Waals surface area contributed by atoms with Gasteiger partial charge in [0.15, 0.2) is 0 Å². The lowest BCUT2D eigenvalue weighted by Crippen LogP contribution is -2.58. The Morgan fingerprint density at radius 3 is 2.61 bits per heavy atom. The van der Waals surface area contributed by atoms with E-state index >= 15 is 0 Å². The van der Waals surface area contributed by atoms with Gasteiger partial charge in [0.25, 0.3) is 0 Å². The van der Waals surface area contributed by atoms with Gasteiger partial charge in [-0.3, -0.25) is 4.90 Å². The Hall–Kier alpha value is -0.860. The topological polar surface area (TPSA) is 29.3 Å². The highest BCUT2D eigenvalue weighted by Crippen LogP contribution is 2.33. The smallest absolute Gasteiger partial charge is 0.0374 e. The number of aryl methyl sites for hydroxylation is 1. The lowest BCUT2D eigenvalue weighted by molar-refractivity contribution is 0.0690. The van der Waals surface area contributed by atoms with E-state index in [0.29, 0.717) is 6.04 Å². The summed E-state index contributed by atoms with van der Waals surface area (Å²) >= 11 is 0. The first-order valence-electron chi connectivity index (χ1n) is 7.13. The van der Waals surface area contributed by atoms with Crippen LogP contribution < -0.4 is 5.73 Å². The van der Waals surface area contributed by atoms with Crippen molar-refractivity contribution in [1.29, 1.82) is 0 Å². The molecule has 2 nitrogen and oxygen atoms in total. The molecule has 0 saturated heterocycles. The summed E-state index contributed by atoms with van der Waals surface area (Å²) in [7, 11) is 2.24. The zero-order valence-electron chi connectivity index (χ0n) is 11.9. The van der Waals surface area contributed by atoms with Crippen molar-refractivity contribution < 1.29 is 0 Å². The van der Waals surface area contributed by atoms with Gasteiger partial charge in [0, 0.05) is 18.1 Å². The average molecular weight is 246 g/mol. The summed E-state index contributed by atoms with van der Waals surface area (Å²) in [6.07, 6.45) is 4.62. The number of fused-ring (bicyclic) bond motifs is 1. The summed E-state index contributed by atoms with van der Waals surface area (Å²) in [5, 5.41) is 0. The van der Waals surface area contributed by atoms with Gasteiger partial charge >= 0.3 is 0 Å². The molecule has 1 aromatic carbocycles. The van der Waals surface area contributed by atoms with E-state index in [0.717, 1.165) is 19.4 Å². The van der Waals surface area contributed by atoms with E-state index in [1.807, 2.05) is 0 Å². The van der Waals surface area contributed by atoms with Gasteiger partial charge in [-0.2, -0.15) is 0 Å². The minimum atomic E-state index is 0.157. The number of benzene rings is 1. The number of nitrogens with two attached hydrogens (primary N) is 1. The van der Waals surface area contributed by atoms with Crippen LogP contribution in [0, 0.1) is 0 Å². The van der Waals surface area contributed by atoms with Gasteiger partial charge in [0.05, 0.1) is 0 Å². The van der Waals surface area contributed by atoms with Crippen LogP contribution in [0.15, 0.2) is 24.3 Å². The molecule has 2 heteroatoms. The Kier molecular flexibility index (Phi) is 4.08. The molecule has 1 aliphatic carbocycles. The fourth-order valence-electron chi connectivity index (χ4n) is 3.14. The Bertz CT molecular complexity index is 402. The molecule has 2 unspecified atom stereocenters. The summed E-state index contributed by atoms with van der Waals surface area (Å²) in [5.41, 5.74) is 9.31. The Balaban J connectivity index is 2.26. The number of rotatable bonds is 4. The van der Waals surface area contributed by atoms with Crippen LogP contribution in [0.25, 0.3) is 0 Å². The third kappa shape index (κ3) is 2.32. The van der Waals surface area contributed by atoms with Crippen molar-refractivity contribution in [3.8, 4) is 0 Å². The molecule has 0 spiro atoms. The maximum Gasteiger partial charge on any atom is 0.0374 e. The van der Waals surface area contributed by atoms with Crippen molar-refractivity contribution in [1.82, 2.24) is 4.90 Å². The zero-order valence-corrected chi connectivity index (χ0v) is 11.9. The van der Waals surface area contributed by atoms with Crippen LogP contribution in [-0.4, -0.2) is 30.1 Å². The summed E-state index contributed by atoms with van der Waals surface area (Å²) in [5.74, 6) is 0. The minimum absolute atomic E-state index is 0.157. The monoisotopic (exact) mass is 246 g/mol. The Morgan fingerprint density at radius 2 is 2.00 bits per heavy atom. The quantitative estimate of drug-likeness (QED) is 0.885. The van der Waals surface area contributed by atoms with Crippen LogP contribution in [-0.2, 0) is 12.8 Å². The largest absolute Gasteiger partial charge is 0.329 e. The first-order valence-corrected chi connectivity index (χ1v) is 7.13. The maximum atomic E-state index is 6.15. The van der Waals surface area contributed by atoms with E-state index in [1.54, 1.807) is 0 Å². The van der Waals surface area contributed by atoms with Crippen molar-refractivity contribution >= 4 is 0 Å². The fraction of sp³-hybridized carbons (Fsp3) is 0.625. The van der Waals surface area contributed by atoms with E-state index in [4.69, 9.17) is 5.73 Å². The normalized spacial score (nSPS) is 24.9. The van der Waals surface area contributed by atoms with Gasteiger partial charge in [-0.15, -0.1) is 0 Å². The van der Waals surface area contributed by atoms with Crippen molar-refractivity contribution in [3.05, 3.63) is 35.4 Å². The van der Waals surface area contributed by atoms with Gasteiger partial charge in [-0.05, 0) is 50.8 Å². The fourth-order valence-corrected chi connectivity index (χ4v) is 3.14. The van der Waals surface area contributed by atoms with Gasteiger partial charge in [-0.25, -0.2) is 0 Å². The first-order chi connectivity index (χ1) is 8.63. The van der Waals surface area contributed by atoms with Crippen molar-refractivity contribution in [2.45, 2.75) is 51.1 Å². The first kappa shape index (κ1) is 13.6. The van der Waals surface area contributed by atoms with E-state index in [2.05, 4.69) is 50.1 Å². The SMILES string of the molecule is CCC(C)N(C)C1(CN)CCc2ccccc2C1. The molecular weight excluding hydrogens is 220 g/mol. The predicted octanol–water partition coefficient (Wildman–Crippen LogP) is 2.60. The standard InChI is InChI=1S/C16H26N2/c1-4-13(2)18(3)16(12-17)10-9-14-7-5-6-8-15(14)11-16/h5-8,13H,4,9-12,17H2,1-3H3. The predicted molar refractivity (Wildman–Crippen MR) is 77.8 cm³/mol. The number of hydrogen-bond donors (Lipinski definition) is 1. The molecule has 0 fully saturated rings. The van der Waals surface area contributed by atoms with Crippen LogP contribution in [0.4, 0.5) is 0 Å². The van der Waals surface area contributed by atoms with E-state index in [1.165, 1.54) is 24.0 Å². The van der Waals surface area contributed by atoms with Gasteiger partial charge < -0.3 is 5.73 Å². The van der Waals surface area contributed by atoms with Gasteiger partial charge in [-0.1, -0.05) is 31.2 Å². The molecule has 2 atom stereocenters. The summed E-state index contributed by atoms with van der Waals surface area (Å²) in [6, 6.07) is 9.42. The van der Waals surface area contributed by atoms with Crippen molar-refractivity contribution in [2.24, 2.45) is 5.73 Å². The van der Waals surface area contributed by atoms with E-state index < -0.39 is 0 Å². The Morgan fingerprint density at radius 1 is 1.33 bits per heavy atom. The molecule has 0 saturated carbocycles. The Labute approximate surface area is 111 Å². The van der Waals surface area contributed by atoms with Crippen LogP contribution >= 0.6 is 0 Å². The highest BCUT2D eigenvalue weighted by Gasteiger charge is 2.38. The highest BCUT2D eigenvalue weighted by atomic mass is 15.2. The maximum absolute atomic E-state index is 6.15. The lowest BCUT2D eigenvalue weighted by Gasteiger charge is -2.47. The third-order valence-corrected chi connectivity index (χ3v) is 4.88. The minimum Gasteiger partial charge on any atom is -0.329 e.